The third-order valence-corrected chi connectivity index (χ3v) is 6.69. The number of ether oxygens (including phenoxy) is 1. The molecule has 1 fully saturated rings. The van der Waals surface area contributed by atoms with Gasteiger partial charge in [0, 0.05) is 24.1 Å². The number of fused-ring (bicyclic) bond motifs is 1. The van der Waals surface area contributed by atoms with E-state index in [-0.39, 0.29) is 24.1 Å². The predicted molar refractivity (Wildman–Crippen MR) is 139 cm³/mol. The van der Waals surface area contributed by atoms with E-state index >= 15 is 0 Å². The highest BCUT2D eigenvalue weighted by atomic mass is 79.9. The Morgan fingerprint density at radius 1 is 1.15 bits per heavy atom. The lowest BCUT2D eigenvalue weighted by atomic mass is 9.92. The first-order chi connectivity index (χ1) is 16.4. The molecule has 0 radical (unpaired) electrons. The van der Waals surface area contributed by atoms with Crippen molar-refractivity contribution in [1.29, 1.82) is 0 Å². The van der Waals surface area contributed by atoms with Gasteiger partial charge >= 0.3 is 0 Å². The molecule has 0 bridgehead atoms. The van der Waals surface area contributed by atoms with E-state index in [1.165, 1.54) is 11.3 Å². The van der Waals surface area contributed by atoms with Crippen molar-refractivity contribution >= 4 is 39.5 Å². The lowest BCUT2D eigenvalue weighted by molar-refractivity contribution is -0.123. The van der Waals surface area contributed by atoms with Crippen LogP contribution in [0.5, 0.6) is 5.75 Å². The number of benzene rings is 2. The molecule has 1 saturated heterocycles. The van der Waals surface area contributed by atoms with Crippen molar-refractivity contribution in [3.63, 3.8) is 0 Å². The third kappa shape index (κ3) is 6.27. The van der Waals surface area contributed by atoms with Crippen LogP contribution in [0.4, 0.5) is 5.69 Å². The van der Waals surface area contributed by atoms with Crippen LogP contribution in [0.1, 0.15) is 32.3 Å². The van der Waals surface area contributed by atoms with Gasteiger partial charge in [0.2, 0.25) is 5.91 Å². The van der Waals surface area contributed by atoms with Gasteiger partial charge in [-0.3, -0.25) is 14.5 Å². The Bertz CT molecular complexity index is 1060. The summed E-state index contributed by atoms with van der Waals surface area (Å²) in [5.74, 6) is 1.70. The predicted octanol–water partition coefficient (Wildman–Crippen LogP) is 4.70. The summed E-state index contributed by atoms with van der Waals surface area (Å²) in [5.41, 5.74) is 1.44. The summed E-state index contributed by atoms with van der Waals surface area (Å²) in [5, 5.41) is 2.99. The molecule has 6 nitrogen and oxygen atoms in total. The molecule has 0 aliphatic carbocycles. The maximum Gasteiger partial charge on any atom is 0.294 e. The van der Waals surface area contributed by atoms with Gasteiger partial charge in [-0.05, 0) is 67.1 Å². The highest BCUT2D eigenvalue weighted by molar-refractivity contribution is 9.10. The number of amides is 2. The maximum absolute atomic E-state index is 13.2. The smallest absolute Gasteiger partial charge is 0.294 e. The highest BCUT2D eigenvalue weighted by Gasteiger charge is 2.31. The highest BCUT2D eigenvalue weighted by Crippen LogP contribution is 2.35. The van der Waals surface area contributed by atoms with Crippen molar-refractivity contribution in [2.75, 3.05) is 37.6 Å². The number of nitrogens with one attached hydrogen (secondary N) is 1. The first kappa shape index (κ1) is 24.5. The van der Waals surface area contributed by atoms with Gasteiger partial charge in [0.05, 0.1) is 5.69 Å². The van der Waals surface area contributed by atoms with Gasteiger partial charge in [-0.2, -0.15) is 0 Å². The Hall–Kier alpha value is -2.64. The first-order valence-corrected chi connectivity index (χ1v) is 12.7. The van der Waals surface area contributed by atoms with Crippen LogP contribution in [-0.4, -0.2) is 49.4 Å². The molecule has 2 unspecified atom stereocenters. The number of likely N-dealkylation sites (tertiary alicyclic amines) is 1. The Kier molecular flexibility index (Phi) is 8.06. The SMILES string of the molecule is CC1CC(C)CN(CCCNC(=O)CN2C(=O)/C(=C\c3cccc(Br)c3)Oc3ccccc32)C1. The molecule has 7 heteroatoms. The maximum atomic E-state index is 13.2. The number of carbonyl (C=O) groups excluding carboxylic acids is 2. The monoisotopic (exact) mass is 525 g/mol. The van der Waals surface area contributed by atoms with Gasteiger partial charge < -0.3 is 15.0 Å². The Morgan fingerprint density at radius 2 is 1.91 bits per heavy atom. The van der Waals surface area contributed by atoms with Crippen molar-refractivity contribution in [1.82, 2.24) is 10.2 Å². The summed E-state index contributed by atoms with van der Waals surface area (Å²) in [6, 6.07) is 14.9. The molecule has 2 aliphatic rings. The number of rotatable bonds is 7. The third-order valence-electron chi connectivity index (χ3n) is 6.20. The number of hydrogen-bond donors (Lipinski definition) is 1. The van der Waals surface area contributed by atoms with Crippen LogP contribution in [0.3, 0.4) is 0 Å². The molecule has 180 valence electrons. The number of halogens is 1. The van der Waals surface area contributed by atoms with Crippen LogP contribution in [0.2, 0.25) is 0 Å². The zero-order valence-electron chi connectivity index (χ0n) is 19.8. The summed E-state index contributed by atoms with van der Waals surface area (Å²) >= 11 is 3.45. The quantitative estimate of drug-likeness (QED) is 0.420. The minimum absolute atomic E-state index is 0.0488. The Balaban J connectivity index is 1.38. The standard InChI is InChI=1S/C27H32BrN3O3/c1-19-13-20(2)17-30(16-19)12-6-11-29-26(32)18-31-23-9-3-4-10-24(23)34-25(27(31)33)15-21-7-5-8-22(28)14-21/h3-5,7-10,14-15,19-20H,6,11-13,16-18H2,1-2H3,(H,29,32)/b25-15+. The number of nitrogens with zero attached hydrogens (tertiary/aromatic N) is 2. The van der Waals surface area contributed by atoms with E-state index in [4.69, 9.17) is 4.74 Å². The van der Waals surface area contributed by atoms with E-state index in [2.05, 4.69) is 40.0 Å². The van der Waals surface area contributed by atoms with Crippen molar-refractivity contribution < 1.29 is 14.3 Å². The lowest BCUT2D eigenvalue weighted by Gasteiger charge is -2.35. The van der Waals surface area contributed by atoms with Crippen LogP contribution in [-0.2, 0) is 9.59 Å². The largest absolute Gasteiger partial charge is 0.449 e. The van der Waals surface area contributed by atoms with Gasteiger partial charge in [0.15, 0.2) is 11.5 Å². The molecule has 0 aromatic heterocycles. The van der Waals surface area contributed by atoms with Gasteiger partial charge in [0.1, 0.15) is 6.54 Å². The number of para-hydroxylation sites is 2. The minimum Gasteiger partial charge on any atom is -0.449 e. The first-order valence-electron chi connectivity index (χ1n) is 11.9. The second-order valence-electron chi connectivity index (χ2n) is 9.43. The van der Waals surface area contributed by atoms with Gasteiger partial charge in [-0.25, -0.2) is 0 Å². The molecule has 2 atom stereocenters. The fourth-order valence-corrected chi connectivity index (χ4v) is 5.29. The molecule has 34 heavy (non-hydrogen) atoms. The molecule has 2 aromatic carbocycles. The minimum atomic E-state index is -0.329. The normalized spacial score (nSPS) is 21.8. The molecule has 2 aliphatic heterocycles. The summed E-state index contributed by atoms with van der Waals surface area (Å²) in [4.78, 5) is 30.0. The summed E-state index contributed by atoms with van der Waals surface area (Å²) < 4.78 is 6.81. The Labute approximate surface area is 210 Å². The summed E-state index contributed by atoms with van der Waals surface area (Å²) in [6.07, 6.45) is 3.89. The van der Waals surface area contributed by atoms with Crippen LogP contribution in [0, 0.1) is 11.8 Å². The Morgan fingerprint density at radius 3 is 2.68 bits per heavy atom. The molecule has 0 spiro atoms. The summed E-state index contributed by atoms with van der Waals surface area (Å²) in [7, 11) is 0. The molecule has 2 aromatic rings. The molecule has 4 rings (SSSR count). The number of carbonyl (C=O) groups is 2. The van der Waals surface area contributed by atoms with Crippen molar-refractivity contribution in [3.8, 4) is 5.75 Å². The molecular weight excluding hydrogens is 494 g/mol. The van der Waals surface area contributed by atoms with Crippen LogP contribution >= 0.6 is 15.9 Å². The number of piperidine rings is 1. The lowest BCUT2D eigenvalue weighted by Crippen LogP contribution is -2.45. The van der Waals surface area contributed by atoms with E-state index in [0.29, 0.717) is 18.0 Å². The van der Waals surface area contributed by atoms with Crippen molar-refractivity contribution in [2.24, 2.45) is 11.8 Å². The second-order valence-corrected chi connectivity index (χ2v) is 10.3. The number of anilines is 1. The topological polar surface area (TPSA) is 61.9 Å². The molecule has 0 saturated carbocycles. The molecule has 1 N–H and O–H groups in total. The van der Waals surface area contributed by atoms with E-state index in [0.717, 1.165) is 47.9 Å². The van der Waals surface area contributed by atoms with E-state index < -0.39 is 0 Å². The average molecular weight is 526 g/mol. The fraction of sp³-hybridized carbons (Fsp3) is 0.407. The van der Waals surface area contributed by atoms with E-state index in [1.807, 2.05) is 42.5 Å². The summed E-state index contributed by atoms with van der Waals surface area (Å²) in [6.45, 7) is 8.40. The van der Waals surface area contributed by atoms with Gasteiger partial charge in [0.25, 0.3) is 5.91 Å². The molecule has 2 amide bonds. The molecule has 2 heterocycles. The van der Waals surface area contributed by atoms with Crippen molar-refractivity contribution in [3.05, 3.63) is 64.3 Å². The molecular formula is C27H32BrN3O3. The van der Waals surface area contributed by atoms with E-state index in [1.54, 1.807) is 12.1 Å². The zero-order chi connectivity index (χ0) is 24.1. The van der Waals surface area contributed by atoms with E-state index in [9.17, 15) is 9.59 Å². The second kappa shape index (κ2) is 11.2. The number of hydrogen-bond acceptors (Lipinski definition) is 4. The van der Waals surface area contributed by atoms with Gasteiger partial charge in [-0.1, -0.05) is 54.0 Å². The fourth-order valence-electron chi connectivity index (χ4n) is 4.87. The van der Waals surface area contributed by atoms with Crippen LogP contribution in [0.25, 0.3) is 6.08 Å². The van der Waals surface area contributed by atoms with Gasteiger partial charge in [-0.15, -0.1) is 0 Å². The van der Waals surface area contributed by atoms with Crippen LogP contribution in [0.15, 0.2) is 58.8 Å². The van der Waals surface area contributed by atoms with Crippen LogP contribution < -0.4 is 15.0 Å². The average Bonchev–Trinajstić information content (AvgIpc) is 2.79. The van der Waals surface area contributed by atoms with Crippen molar-refractivity contribution in [2.45, 2.75) is 26.7 Å². The zero-order valence-corrected chi connectivity index (χ0v) is 21.4.